The summed E-state index contributed by atoms with van der Waals surface area (Å²) in [4.78, 5) is 23.7. The zero-order chi connectivity index (χ0) is 11.0. The molecule has 2 rings (SSSR count). The van der Waals surface area contributed by atoms with E-state index in [2.05, 4.69) is 0 Å². The number of thiophene rings is 1. The molecule has 1 aliphatic rings. The van der Waals surface area contributed by atoms with Gasteiger partial charge in [-0.05, 0) is 18.6 Å². The Bertz CT molecular complexity index is 415. The Morgan fingerprint density at radius 2 is 2.27 bits per heavy atom. The Hall–Kier alpha value is -1.56. The lowest BCUT2D eigenvalue weighted by atomic mass is 10.0. The van der Waals surface area contributed by atoms with Crippen LogP contribution in [0.3, 0.4) is 0 Å². The van der Waals surface area contributed by atoms with Crippen molar-refractivity contribution in [1.29, 1.82) is 0 Å². The number of amides is 1. The van der Waals surface area contributed by atoms with Crippen LogP contribution in [0.25, 0.3) is 0 Å². The molecular weight excluding hydrogens is 216 g/mol. The van der Waals surface area contributed by atoms with Gasteiger partial charge in [0, 0.05) is 6.54 Å². The maximum absolute atomic E-state index is 11.0. The SMILES string of the molecule is NC(=O)C1CCN1c1ccc(C(=O)O)s1. The van der Waals surface area contributed by atoms with Gasteiger partial charge in [-0.25, -0.2) is 4.79 Å². The van der Waals surface area contributed by atoms with Gasteiger partial charge in [0.1, 0.15) is 10.9 Å². The molecule has 5 nitrogen and oxygen atoms in total. The number of carbonyl (C=O) groups is 2. The van der Waals surface area contributed by atoms with Crippen molar-refractivity contribution < 1.29 is 14.7 Å². The Morgan fingerprint density at radius 1 is 1.53 bits per heavy atom. The van der Waals surface area contributed by atoms with Crippen molar-refractivity contribution in [2.75, 3.05) is 11.4 Å². The third kappa shape index (κ3) is 1.68. The van der Waals surface area contributed by atoms with Crippen LogP contribution in [0, 0.1) is 0 Å². The number of nitrogens with zero attached hydrogens (tertiary/aromatic N) is 1. The summed E-state index contributed by atoms with van der Waals surface area (Å²) in [6, 6.07) is 2.98. The number of carboxylic acid groups (broad SMARTS) is 1. The molecule has 1 unspecified atom stereocenters. The summed E-state index contributed by atoms with van der Waals surface area (Å²) in [5.41, 5.74) is 5.20. The highest BCUT2D eigenvalue weighted by Crippen LogP contribution is 2.32. The van der Waals surface area contributed by atoms with Crippen molar-refractivity contribution in [2.45, 2.75) is 12.5 Å². The van der Waals surface area contributed by atoms with Crippen LogP contribution >= 0.6 is 11.3 Å². The van der Waals surface area contributed by atoms with Crippen LogP contribution < -0.4 is 10.6 Å². The average Bonchev–Trinajstić information content (AvgIpc) is 2.49. The molecule has 15 heavy (non-hydrogen) atoms. The van der Waals surface area contributed by atoms with Gasteiger partial charge in [0.25, 0.3) is 0 Å². The molecule has 1 atom stereocenters. The Labute approximate surface area is 90.1 Å². The molecule has 1 aromatic heterocycles. The van der Waals surface area contributed by atoms with Crippen molar-refractivity contribution in [2.24, 2.45) is 5.73 Å². The predicted octanol–water partition coefficient (Wildman–Crippen LogP) is 0.510. The summed E-state index contributed by atoms with van der Waals surface area (Å²) >= 11 is 1.16. The average molecular weight is 226 g/mol. The van der Waals surface area contributed by atoms with E-state index in [1.807, 2.05) is 4.90 Å². The highest BCUT2D eigenvalue weighted by molar-refractivity contribution is 7.17. The monoisotopic (exact) mass is 226 g/mol. The van der Waals surface area contributed by atoms with E-state index < -0.39 is 5.97 Å². The first-order valence-corrected chi connectivity index (χ1v) is 5.30. The van der Waals surface area contributed by atoms with Crippen molar-refractivity contribution in [1.82, 2.24) is 0 Å². The minimum absolute atomic E-state index is 0.273. The number of aromatic carboxylic acids is 1. The molecule has 80 valence electrons. The Morgan fingerprint density at radius 3 is 2.67 bits per heavy atom. The first-order valence-electron chi connectivity index (χ1n) is 4.48. The van der Waals surface area contributed by atoms with E-state index in [0.29, 0.717) is 0 Å². The first-order chi connectivity index (χ1) is 7.09. The second kappa shape index (κ2) is 3.54. The predicted molar refractivity (Wildman–Crippen MR) is 56.2 cm³/mol. The number of rotatable bonds is 3. The van der Waals surface area contributed by atoms with Crippen LogP contribution in [0.15, 0.2) is 12.1 Å². The lowest BCUT2D eigenvalue weighted by Crippen LogP contribution is -2.54. The van der Waals surface area contributed by atoms with Gasteiger partial charge in [0.15, 0.2) is 0 Å². The van der Waals surface area contributed by atoms with Crippen molar-refractivity contribution in [3.8, 4) is 0 Å². The van der Waals surface area contributed by atoms with E-state index in [0.717, 1.165) is 29.3 Å². The summed E-state index contributed by atoms with van der Waals surface area (Å²) in [6.07, 6.45) is 0.746. The fraction of sp³-hybridized carbons (Fsp3) is 0.333. The molecular formula is C9H10N2O3S. The van der Waals surface area contributed by atoms with Crippen LogP contribution in [0.4, 0.5) is 5.00 Å². The number of primary amides is 1. The van der Waals surface area contributed by atoms with Crippen LogP contribution in [0.1, 0.15) is 16.1 Å². The van der Waals surface area contributed by atoms with Crippen LogP contribution in [0.2, 0.25) is 0 Å². The third-order valence-electron chi connectivity index (χ3n) is 2.43. The minimum atomic E-state index is -0.942. The van der Waals surface area contributed by atoms with Gasteiger partial charge < -0.3 is 15.7 Å². The van der Waals surface area contributed by atoms with Crippen LogP contribution in [-0.2, 0) is 4.79 Å². The van der Waals surface area contributed by atoms with Gasteiger partial charge >= 0.3 is 5.97 Å². The summed E-state index contributed by atoms with van der Waals surface area (Å²) in [5, 5.41) is 9.54. The van der Waals surface area contributed by atoms with Crippen molar-refractivity contribution in [3.05, 3.63) is 17.0 Å². The Balaban J connectivity index is 2.16. The molecule has 0 aliphatic carbocycles. The standard InChI is InChI=1S/C9H10N2O3S/c10-8(12)5-3-4-11(5)7-2-1-6(15-7)9(13)14/h1-2,5H,3-4H2,(H2,10,12)(H,13,14). The molecule has 1 aliphatic heterocycles. The van der Waals surface area contributed by atoms with Gasteiger partial charge in [0.2, 0.25) is 5.91 Å². The molecule has 0 saturated carbocycles. The highest BCUT2D eigenvalue weighted by Gasteiger charge is 2.33. The molecule has 0 aromatic carbocycles. The largest absolute Gasteiger partial charge is 0.477 e. The quantitative estimate of drug-likeness (QED) is 0.786. The maximum atomic E-state index is 11.0. The third-order valence-corrected chi connectivity index (χ3v) is 3.54. The van der Waals surface area contributed by atoms with E-state index in [1.54, 1.807) is 12.1 Å². The van der Waals surface area contributed by atoms with E-state index in [-0.39, 0.29) is 16.8 Å². The molecule has 0 bridgehead atoms. The zero-order valence-corrected chi connectivity index (χ0v) is 8.66. The molecule has 1 aromatic rings. The summed E-state index contributed by atoms with van der Waals surface area (Å²) in [7, 11) is 0. The molecule has 3 N–H and O–H groups in total. The van der Waals surface area contributed by atoms with E-state index >= 15 is 0 Å². The number of carbonyl (C=O) groups excluding carboxylic acids is 1. The van der Waals surface area contributed by atoms with E-state index in [4.69, 9.17) is 10.8 Å². The lowest BCUT2D eigenvalue weighted by Gasteiger charge is -2.39. The smallest absolute Gasteiger partial charge is 0.345 e. The fourth-order valence-electron chi connectivity index (χ4n) is 1.54. The van der Waals surface area contributed by atoms with Gasteiger partial charge in [-0.2, -0.15) is 0 Å². The Kier molecular flexibility index (Phi) is 2.36. The van der Waals surface area contributed by atoms with E-state index in [9.17, 15) is 9.59 Å². The maximum Gasteiger partial charge on any atom is 0.345 e. The molecule has 0 radical (unpaired) electrons. The minimum Gasteiger partial charge on any atom is -0.477 e. The van der Waals surface area contributed by atoms with Crippen LogP contribution in [-0.4, -0.2) is 29.6 Å². The number of hydrogen-bond donors (Lipinski definition) is 2. The molecule has 6 heteroatoms. The van der Waals surface area contributed by atoms with Gasteiger partial charge in [-0.15, -0.1) is 11.3 Å². The van der Waals surface area contributed by atoms with Crippen molar-refractivity contribution >= 4 is 28.2 Å². The normalized spacial score (nSPS) is 19.7. The summed E-state index contributed by atoms with van der Waals surface area (Å²) < 4.78 is 0. The summed E-state index contributed by atoms with van der Waals surface area (Å²) in [5.74, 6) is -1.30. The second-order valence-electron chi connectivity index (χ2n) is 3.34. The first kappa shape index (κ1) is 9.97. The molecule has 2 heterocycles. The molecule has 1 fully saturated rings. The fourth-order valence-corrected chi connectivity index (χ4v) is 2.46. The molecule has 1 saturated heterocycles. The lowest BCUT2D eigenvalue weighted by molar-refractivity contribution is -0.120. The number of carboxylic acids is 1. The number of hydrogen-bond acceptors (Lipinski definition) is 4. The van der Waals surface area contributed by atoms with Gasteiger partial charge in [0.05, 0.1) is 5.00 Å². The highest BCUT2D eigenvalue weighted by atomic mass is 32.1. The van der Waals surface area contributed by atoms with Gasteiger partial charge in [-0.1, -0.05) is 0 Å². The molecule has 1 amide bonds. The van der Waals surface area contributed by atoms with E-state index in [1.165, 1.54) is 0 Å². The molecule has 0 spiro atoms. The zero-order valence-electron chi connectivity index (χ0n) is 7.84. The topological polar surface area (TPSA) is 83.6 Å². The number of anilines is 1. The number of nitrogens with two attached hydrogens (primary N) is 1. The van der Waals surface area contributed by atoms with Gasteiger partial charge in [-0.3, -0.25) is 4.79 Å². The van der Waals surface area contributed by atoms with Crippen LogP contribution in [0.5, 0.6) is 0 Å². The van der Waals surface area contributed by atoms with Crippen molar-refractivity contribution in [3.63, 3.8) is 0 Å². The second-order valence-corrected chi connectivity index (χ2v) is 4.41. The summed E-state index contributed by atoms with van der Waals surface area (Å²) in [6.45, 7) is 0.757.